The molecular formula is C11H15N3O4. The smallest absolute Gasteiger partial charge is 0.357 e. The molecule has 2 rings (SSSR count). The number of likely N-dealkylation sites (tertiary alicyclic amines) is 1. The molecule has 0 saturated carbocycles. The fourth-order valence-electron chi connectivity index (χ4n) is 1.85. The number of aromatic nitrogens is 1. The van der Waals surface area contributed by atoms with E-state index in [-0.39, 0.29) is 17.6 Å². The monoisotopic (exact) mass is 253 g/mol. The van der Waals surface area contributed by atoms with Crippen molar-refractivity contribution in [2.45, 2.75) is 19.3 Å². The van der Waals surface area contributed by atoms with Crippen LogP contribution in [-0.2, 0) is 4.79 Å². The van der Waals surface area contributed by atoms with Crippen LogP contribution >= 0.6 is 0 Å². The zero-order valence-electron chi connectivity index (χ0n) is 9.89. The molecular weight excluding hydrogens is 238 g/mol. The fourth-order valence-corrected chi connectivity index (χ4v) is 1.85. The Kier molecular flexibility index (Phi) is 3.81. The molecule has 1 fully saturated rings. The quantitative estimate of drug-likeness (QED) is 0.805. The van der Waals surface area contributed by atoms with Crippen molar-refractivity contribution in [3.05, 3.63) is 12.0 Å². The van der Waals surface area contributed by atoms with E-state index in [9.17, 15) is 9.59 Å². The molecule has 7 nitrogen and oxygen atoms in total. The van der Waals surface area contributed by atoms with E-state index in [1.807, 2.05) is 4.90 Å². The van der Waals surface area contributed by atoms with Crippen LogP contribution in [0.4, 0.5) is 6.01 Å². The van der Waals surface area contributed by atoms with Crippen molar-refractivity contribution in [2.24, 2.45) is 0 Å². The summed E-state index contributed by atoms with van der Waals surface area (Å²) >= 11 is 0. The van der Waals surface area contributed by atoms with Crippen molar-refractivity contribution in [2.75, 3.05) is 25.0 Å². The number of amides is 1. The predicted octanol–water partition coefficient (Wildman–Crippen LogP) is 0.797. The minimum absolute atomic E-state index is 0.102. The maximum atomic E-state index is 11.7. The lowest BCUT2D eigenvalue weighted by atomic mass is 10.3. The number of carbonyl (C=O) groups is 2. The summed E-state index contributed by atoms with van der Waals surface area (Å²) in [5.41, 5.74) is -0.150. The summed E-state index contributed by atoms with van der Waals surface area (Å²) in [5.74, 6) is -1.04. The Morgan fingerprint density at radius 1 is 1.44 bits per heavy atom. The second-order valence-electron chi connectivity index (χ2n) is 4.11. The van der Waals surface area contributed by atoms with Crippen LogP contribution in [-0.4, -0.2) is 46.5 Å². The van der Waals surface area contributed by atoms with Gasteiger partial charge in [0, 0.05) is 26.1 Å². The summed E-state index contributed by atoms with van der Waals surface area (Å²) in [4.78, 5) is 27.8. The topological polar surface area (TPSA) is 95.7 Å². The van der Waals surface area contributed by atoms with Crippen LogP contribution in [0, 0.1) is 0 Å². The molecule has 0 spiro atoms. The fraction of sp³-hybridized carbons (Fsp3) is 0.545. The number of nitrogens with zero attached hydrogens (tertiary/aromatic N) is 2. The van der Waals surface area contributed by atoms with Crippen LogP contribution in [0.1, 0.15) is 29.8 Å². The lowest BCUT2D eigenvalue weighted by molar-refractivity contribution is -0.129. The van der Waals surface area contributed by atoms with Crippen molar-refractivity contribution in [1.82, 2.24) is 9.88 Å². The van der Waals surface area contributed by atoms with E-state index < -0.39 is 5.97 Å². The highest BCUT2D eigenvalue weighted by molar-refractivity contribution is 5.85. The molecule has 0 aromatic carbocycles. The Morgan fingerprint density at radius 3 is 2.78 bits per heavy atom. The zero-order chi connectivity index (χ0) is 13.0. The standard InChI is InChI=1S/C11H15N3O4/c15-9(14-5-1-2-6-14)3-4-12-11-13-8(7-18-11)10(16)17/h7H,1-6H2,(H,12,13)(H,16,17). The predicted molar refractivity (Wildman–Crippen MR) is 62.4 cm³/mol. The molecule has 2 heterocycles. The van der Waals surface area contributed by atoms with Gasteiger partial charge in [-0.3, -0.25) is 4.79 Å². The number of rotatable bonds is 5. The Bertz CT molecular complexity index is 437. The first-order valence-electron chi connectivity index (χ1n) is 5.87. The maximum absolute atomic E-state index is 11.7. The third-order valence-corrected chi connectivity index (χ3v) is 2.80. The minimum atomic E-state index is -1.14. The molecule has 1 aliphatic heterocycles. The second kappa shape index (κ2) is 5.52. The number of carboxylic acids is 1. The number of carboxylic acid groups (broad SMARTS) is 1. The SMILES string of the molecule is O=C(O)c1coc(NCCC(=O)N2CCCC2)n1. The molecule has 7 heteroatoms. The number of nitrogens with one attached hydrogen (secondary N) is 1. The molecule has 1 saturated heterocycles. The van der Waals surface area contributed by atoms with E-state index in [4.69, 9.17) is 9.52 Å². The third-order valence-electron chi connectivity index (χ3n) is 2.80. The van der Waals surface area contributed by atoms with Gasteiger partial charge in [-0.1, -0.05) is 0 Å². The molecule has 1 aliphatic rings. The van der Waals surface area contributed by atoms with Gasteiger partial charge in [-0.2, -0.15) is 4.98 Å². The second-order valence-corrected chi connectivity index (χ2v) is 4.11. The minimum Gasteiger partial charge on any atom is -0.476 e. The maximum Gasteiger partial charge on any atom is 0.357 e. The van der Waals surface area contributed by atoms with Crippen LogP contribution in [0.5, 0.6) is 0 Å². The molecule has 1 aromatic heterocycles. The largest absolute Gasteiger partial charge is 0.476 e. The summed E-state index contributed by atoms with van der Waals surface area (Å²) < 4.78 is 4.91. The van der Waals surface area contributed by atoms with Gasteiger partial charge in [0.2, 0.25) is 5.91 Å². The van der Waals surface area contributed by atoms with Crippen molar-refractivity contribution < 1.29 is 19.1 Å². The van der Waals surface area contributed by atoms with E-state index >= 15 is 0 Å². The summed E-state index contributed by atoms with van der Waals surface area (Å²) in [6.07, 6.45) is 3.56. The number of carbonyl (C=O) groups excluding carboxylic acids is 1. The van der Waals surface area contributed by atoms with Crippen LogP contribution in [0.25, 0.3) is 0 Å². The normalized spacial score (nSPS) is 14.8. The lowest BCUT2D eigenvalue weighted by Gasteiger charge is -2.14. The van der Waals surface area contributed by atoms with Gasteiger partial charge in [-0.05, 0) is 12.8 Å². The summed E-state index contributed by atoms with van der Waals surface area (Å²) in [6, 6.07) is 0.127. The first-order chi connectivity index (χ1) is 8.66. The Balaban J connectivity index is 1.74. The number of hydrogen-bond donors (Lipinski definition) is 2. The van der Waals surface area contributed by atoms with E-state index in [0.29, 0.717) is 13.0 Å². The van der Waals surface area contributed by atoms with Crippen LogP contribution < -0.4 is 5.32 Å². The number of oxazole rings is 1. The molecule has 0 atom stereocenters. The summed E-state index contributed by atoms with van der Waals surface area (Å²) in [6.45, 7) is 2.05. The Morgan fingerprint density at radius 2 is 2.17 bits per heavy atom. The number of anilines is 1. The summed E-state index contributed by atoms with van der Waals surface area (Å²) in [7, 11) is 0. The van der Waals surface area contributed by atoms with Crippen LogP contribution in [0.3, 0.4) is 0 Å². The van der Waals surface area contributed by atoms with Gasteiger partial charge >= 0.3 is 5.97 Å². The summed E-state index contributed by atoms with van der Waals surface area (Å²) in [5, 5.41) is 11.4. The average molecular weight is 253 g/mol. The third kappa shape index (κ3) is 2.99. The molecule has 1 amide bonds. The van der Waals surface area contributed by atoms with Gasteiger partial charge in [-0.15, -0.1) is 0 Å². The van der Waals surface area contributed by atoms with Gasteiger partial charge in [0.15, 0.2) is 5.69 Å². The number of hydrogen-bond acceptors (Lipinski definition) is 5. The highest BCUT2D eigenvalue weighted by Crippen LogP contribution is 2.10. The lowest BCUT2D eigenvalue weighted by Crippen LogP contribution is -2.29. The van der Waals surface area contributed by atoms with Crippen LogP contribution in [0.15, 0.2) is 10.7 Å². The van der Waals surface area contributed by atoms with Crippen molar-refractivity contribution in [3.63, 3.8) is 0 Å². The van der Waals surface area contributed by atoms with E-state index in [2.05, 4.69) is 10.3 Å². The van der Waals surface area contributed by atoms with Gasteiger partial charge in [0.05, 0.1) is 0 Å². The molecule has 0 bridgehead atoms. The van der Waals surface area contributed by atoms with Gasteiger partial charge < -0.3 is 19.7 Å². The Labute approximate surface area is 104 Å². The molecule has 0 unspecified atom stereocenters. The Hall–Kier alpha value is -2.05. The van der Waals surface area contributed by atoms with Crippen LogP contribution in [0.2, 0.25) is 0 Å². The van der Waals surface area contributed by atoms with Crippen molar-refractivity contribution in [3.8, 4) is 0 Å². The number of aromatic carboxylic acids is 1. The highest BCUT2D eigenvalue weighted by Gasteiger charge is 2.17. The zero-order valence-corrected chi connectivity index (χ0v) is 9.89. The van der Waals surface area contributed by atoms with Gasteiger partial charge in [0.25, 0.3) is 6.01 Å². The molecule has 0 aliphatic carbocycles. The molecule has 2 N–H and O–H groups in total. The van der Waals surface area contributed by atoms with Gasteiger partial charge in [0.1, 0.15) is 6.26 Å². The molecule has 1 aromatic rings. The highest BCUT2D eigenvalue weighted by atomic mass is 16.4. The molecule has 18 heavy (non-hydrogen) atoms. The average Bonchev–Trinajstić information content (AvgIpc) is 3.00. The van der Waals surface area contributed by atoms with Gasteiger partial charge in [-0.25, -0.2) is 4.79 Å². The van der Waals surface area contributed by atoms with E-state index in [1.54, 1.807) is 0 Å². The first-order valence-corrected chi connectivity index (χ1v) is 5.87. The van der Waals surface area contributed by atoms with Crippen molar-refractivity contribution in [1.29, 1.82) is 0 Å². The van der Waals surface area contributed by atoms with Crippen molar-refractivity contribution >= 4 is 17.9 Å². The molecule has 98 valence electrons. The van der Waals surface area contributed by atoms with E-state index in [0.717, 1.165) is 32.2 Å². The molecule has 0 radical (unpaired) electrons. The first kappa shape index (κ1) is 12.4. The van der Waals surface area contributed by atoms with E-state index in [1.165, 1.54) is 0 Å².